The maximum atomic E-state index is 11.8. The Bertz CT molecular complexity index is 915. The largest absolute Gasteiger partial charge is 0.464 e. The van der Waals surface area contributed by atoms with Gasteiger partial charge in [-0.3, -0.25) is 14.9 Å². The van der Waals surface area contributed by atoms with Crippen LogP contribution in [-0.2, 0) is 9.53 Å². The molecule has 34 heavy (non-hydrogen) atoms. The molecule has 2 aromatic rings. The third-order valence-electron chi connectivity index (χ3n) is 8.23. The summed E-state index contributed by atoms with van der Waals surface area (Å²) in [7, 11) is 0. The Balaban J connectivity index is 1.69. The molecule has 6 nitrogen and oxygen atoms in total. The zero-order valence-electron chi connectivity index (χ0n) is 19.8. The van der Waals surface area contributed by atoms with E-state index >= 15 is 0 Å². The fraction of sp³-hybridized carbons (Fsp3) is 0.536. The molecule has 2 aromatic carbocycles. The normalized spacial score (nSPS) is 24.0. The highest BCUT2D eigenvalue weighted by Gasteiger charge is 2.47. The molecule has 0 amide bonds. The molecule has 0 spiro atoms. The zero-order valence-corrected chi connectivity index (χ0v) is 19.8. The summed E-state index contributed by atoms with van der Waals surface area (Å²) in [5.41, 5.74) is 2.01. The number of ether oxygens (including phenoxy) is 1. The number of nitrogens with zero attached hydrogens (tertiary/aromatic N) is 1. The average molecular weight is 465 g/mol. The molecule has 2 aliphatic rings. The molecule has 6 heteroatoms. The van der Waals surface area contributed by atoms with Gasteiger partial charge in [-0.15, -0.1) is 0 Å². The van der Waals surface area contributed by atoms with Gasteiger partial charge in [0.15, 0.2) is 0 Å². The van der Waals surface area contributed by atoms with Crippen molar-refractivity contribution in [2.75, 3.05) is 19.6 Å². The number of carbonyl (C=O) groups is 1. The van der Waals surface area contributed by atoms with E-state index in [1.54, 1.807) is 0 Å². The molecule has 1 N–H and O–H groups in total. The topological polar surface area (TPSA) is 81.5 Å². The first kappa shape index (κ1) is 24.4. The summed E-state index contributed by atoms with van der Waals surface area (Å²) in [6, 6.07) is 20.5. The summed E-state index contributed by atoms with van der Waals surface area (Å²) >= 11 is 0. The highest BCUT2D eigenvalue weighted by atomic mass is 16.6. The van der Waals surface area contributed by atoms with E-state index in [-0.39, 0.29) is 34.8 Å². The Morgan fingerprint density at radius 2 is 1.68 bits per heavy atom. The van der Waals surface area contributed by atoms with Crippen molar-refractivity contribution in [3.63, 3.8) is 0 Å². The molecule has 2 fully saturated rings. The van der Waals surface area contributed by atoms with Gasteiger partial charge in [0.2, 0.25) is 6.54 Å². The van der Waals surface area contributed by atoms with Crippen LogP contribution in [0.15, 0.2) is 60.7 Å². The fourth-order valence-electron chi connectivity index (χ4n) is 6.60. The van der Waals surface area contributed by atoms with Gasteiger partial charge in [0.1, 0.15) is 6.10 Å². The third kappa shape index (κ3) is 5.66. The number of benzene rings is 2. The minimum atomic E-state index is -0.300. The van der Waals surface area contributed by atoms with Crippen LogP contribution in [0.4, 0.5) is 0 Å². The van der Waals surface area contributed by atoms with Crippen molar-refractivity contribution in [1.29, 1.82) is 0 Å². The smallest absolute Gasteiger partial charge is 0.293 e. The number of piperidine rings is 1. The Hall–Kier alpha value is -2.73. The SMILES string of the molecule is O=COC(CC1(C(C[N+](=O)[O-])c2ccccc2)CCNCC1)C1CCCCC1c1ccccc1. The van der Waals surface area contributed by atoms with Crippen LogP contribution in [0.2, 0.25) is 0 Å². The van der Waals surface area contributed by atoms with E-state index in [9.17, 15) is 14.9 Å². The second-order valence-electron chi connectivity index (χ2n) is 10.0. The van der Waals surface area contributed by atoms with Crippen LogP contribution in [0.25, 0.3) is 0 Å². The summed E-state index contributed by atoms with van der Waals surface area (Å²) in [4.78, 5) is 23.4. The van der Waals surface area contributed by atoms with Crippen molar-refractivity contribution in [2.45, 2.75) is 62.9 Å². The van der Waals surface area contributed by atoms with Gasteiger partial charge in [0.05, 0.1) is 5.92 Å². The van der Waals surface area contributed by atoms with Gasteiger partial charge in [-0.05, 0) is 67.7 Å². The van der Waals surface area contributed by atoms with Crippen LogP contribution in [-0.4, -0.2) is 37.1 Å². The van der Waals surface area contributed by atoms with Crippen LogP contribution < -0.4 is 5.32 Å². The first-order valence-electron chi connectivity index (χ1n) is 12.6. The van der Waals surface area contributed by atoms with Crippen LogP contribution >= 0.6 is 0 Å². The van der Waals surface area contributed by atoms with Crippen molar-refractivity contribution in [3.05, 3.63) is 81.9 Å². The van der Waals surface area contributed by atoms with E-state index in [4.69, 9.17) is 4.74 Å². The van der Waals surface area contributed by atoms with E-state index < -0.39 is 0 Å². The van der Waals surface area contributed by atoms with Crippen molar-refractivity contribution in [1.82, 2.24) is 5.32 Å². The van der Waals surface area contributed by atoms with Crippen molar-refractivity contribution in [3.8, 4) is 0 Å². The molecule has 0 aromatic heterocycles. The second-order valence-corrected chi connectivity index (χ2v) is 10.0. The molecule has 4 unspecified atom stereocenters. The summed E-state index contributed by atoms with van der Waals surface area (Å²) in [6.45, 7) is 2.13. The third-order valence-corrected chi connectivity index (χ3v) is 8.23. The maximum absolute atomic E-state index is 11.8. The number of hydrogen-bond acceptors (Lipinski definition) is 5. The van der Waals surface area contributed by atoms with Gasteiger partial charge in [0.25, 0.3) is 6.47 Å². The Kier molecular flexibility index (Phi) is 8.33. The lowest BCUT2D eigenvalue weighted by molar-refractivity contribution is -0.487. The van der Waals surface area contributed by atoms with Gasteiger partial charge < -0.3 is 10.1 Å². The number of carbonyl (C=O) groups excluding carboxylic acids is 1. The van der Waals surface area contributed by atoms with E-state index in [0.717, 1.165) is 50.8 Å². The number of nitro groups is 1. The standard InChI is InChI=1S/C28H36N2O4/c31-21-34-27(25-14-8-7-13-24(25)22-9-3-1-4-10-22)19-28(15-17-29-18-16-28)26(20-30(32)33)23-11-5-2-6-12-23/h1-6,9-12,21,24-27,29H,7-8,13-20H2. The second kappa shape index (κ2) is 11.6. The van der Waals surface area contributed by atoms with Crippen LogP contribution in [0.5, 0.6) is 0 Å². The lowest BCUT2D eigenvalue weighted by Gasteiger charge is -2.47. The van der Waals surface area contributed by atoms with Crippen molar-refractivity contribution >= 4 is 6.47 Å². The summed E-state index contributed by atoms with van der Waals surface area (Å²) < 4.78 is 5.88. The molecule has 4 atom stereocenters. The van der Waals surface area contributed by atoms with E-state index in [1.807, 2.05) is 36.4 Å². The quantitative estimate of drug-likeness (QED) is 0.292. The number of nitrogens with one attached hydrogen (secondary N) is 1. The van der Waals surface area contributed by atoms with E-state index in [2.05, 4.69) is 29.6 Å². The molecule has 0 radical (unpaired) electrons. The van der Waals surface area contributed by atoms with Gasteiger partial charge in [-0.2, -0.15) is 0 Å². The molecule has 1 aliphatic heterocycles. The minimum absolute atomic E-state index is 0.107. The van der Waals surface area contributed by atoms with Gasteiger partial charge >= 0.3 is 0 Å². The highest BCUT2D eigenvalue weighted by Crippen LogP contribution is 2.50. The molecule has 1 aliphatic carbocycles. The lowest BCUT2D eigenvalue weighted by Crippen LogP contribution is -2.47. The van der Waals surface area contributed by atoms with Crippen LogP contribution in [0.1, 0.15) is 67.9 Å². The first-order chi connectivity index (χ1) is 16.6. The molecule has 1 saturated carbocycles. The van der Waals surface area contributed by atoms with Gasteiger partial charge in [0, 0.05) is 10.8 Å². The first-order valence-corrected chi connectivity index (χ1v) is 12.6. The molecule has 0 bridgehead atoms. The Labute approximate surface area is 202 Å². The lowest BCUT2D eigenvalue weighted by atomic mass is 9.61. The highest BCUT2D eigenvalue weighted by molar-refractivity contribution is 5.38. The van der Waals surface area contributed by atoms with Crippen LogP contribution in [0.3, 0.4) is 0 Å². The molecular formula is C28H36N2O4. The summed E-state index contributed by atoms with van der Waals surface area (Å²) in [5.74, 6) is 0.340. The average Bonchev–Trinajstić information content (AvgIpc) is 2.88. The zero-order chi connectivity index (χ0) is 23.8. The molecule has 4 rings (SSSR count). The monoisotopic (exact) mass is 464 g/mol. The molecular weight excluding hydrogens is 428 g/mol. The van der Waals surface area contributed by atoms with E-state index in [1.165, 1.54) is 12.0 Å². The summed E-state index contributed by atoms with van der Waals surface area (Å²) in [6.07, 6.45) is 6.47. The van der Waals surface area contributed by atoms with Crippen molar-refractivity contribution in [2.24, 2.45) is 11.3 Å². The fourth-order valence-corrected chi connectivity index (χ4v) is 6.60. The minimum Gasteiger partial charge on any atom is -0.464 e. The summed E-state index contributed by atoms with van der Waals surface area (Å²) in [5, 5.41) is 15.3. The maximum Gasteiger partial charge on any atom is 0.293 e. The van der Waals surface area contributed by atoms with Gasteiger partial charge in [-0.25, -0.2) is 0 Å². The van der Waals surface area contributed by atoms with Gasteiger partial charge in [-0.1, -0.05) is 73.5 Å². The molecule has 182 valence electrons. The number of rotatable bonds is 10. The Morgan fingerprint density at radius 3 is 2.32 bits per heavy atom. The predicted octanol–water partition coefficient (Wildman–Crippen LogP) is 5.32. The van der Waals surface area contributed by atoms with E-state index in [0.29, 0.717) is 18.8 Å². The van der Waals surface area contributed by atoms with Crippen LogP contribution in [0, 0.1) is 21.4 Å². The number of hydrogen-bond donors (Lipinski definition) is 1. The predicted molar refractivity (Wildman–Crippen MR) is 132 cm³/mol. The molecule has 1 saturated heterocycles. The van der Waals surface area contributed by atoms with Crippen molar-refractivity contribution < 1.29 is 14.5 Å². The molecule has 1 heterocycles. The Morgan fingerprint density at radius 1 is 1.03 bits per heavy atom.